The second-order valence-corrected chi connectivity index (χ2v) is 7.15. The fourth-order valence-corrected chi connectivity index (χ4v) is 3.55. The van der Waals surface area contributed by atoms with Gasteiger partial charge < -0.3 is 19.6 Å². The molecule has 0 saturated carbocycles. The van der Waals surface area contributed by atoms with E-state index in [9.17, 15) is 14.4 Å². The summed E-state index contributed by atoms with van der Waals surface area (Å²) in [5.74, 6) is -0.207. The molecule has 0 bridgehead atoms. The third-order valence-electron chi connectivity index (χ3n) is 5.02. The molecule has 2 aliphatic heterocycles. The highest BCUT2D eigenvalue weighted by molar-refractivity contribution is 5.89. The summed E-state index contributed by atoms with van der Waals surface area (Å²) in [4.78, 5) is 43.9. The Morgan fingerprint density at radius 1 is 1.04 bits per heavy atom. The zero-order valence-corrected chi connectivity index (χ0v) is 15.4. The molecule has 7 heteroatoms. The fourth-order valence-electron chi connectivity index (χ4n) is 3.55. The van der Waals surface area contributed by atoms with Crippen LogP contribution in [0.2, 0.25) is 0 Å². The van der Waals surface area contributed by atoms with Crippen molar-refractivity contribution in [2.24, 2.45) is 5.92 Å². The van der Waals surface area contributed by atoms with Gasteiger partial charge in [-0.1, -0.05) is 30.3 Å². The lowest BCUT2D eigenvalue weighted by atomic mass is 10.1. The van der Waals surface area contributed by atoms with Gasteiger partial charge in [0.15, 0.2) is 0 Å². The molecule has 1 aromatic rings. The molecule has 2 saturated heterocycles. The maximum atomic E-state index is 12.8. The SMILES string of the molecule is CN(C)C(=O)N1CCN(C(=O)C2CC(=O)N(Cc3ccccc3)C2)CC1. The van der Waals surface area contributed by atoms with Crippen molar-refractivity contribution in [1.29, 1.82) is 0 Å². The van der Waals surface area contributed by atoms with Crippen LogP contribution in [0.4, 0.5) is 4.79 Å². The summed E-state index contributed by atoms with van der Waals surface area (Å²) in [6.45, 7) is 3.16. The number of urea groups is 1. The highest BCUT2D eigenvalue weighted by Gasteiger charge is 2.37. The van der Waals surface area contributed by atoms with E-state index in [0.29, 0.717) is 39.3 Å². The van der Waals surface area contributed by atoms with Crippen LogP contribution in [-0.4, -0.2) is 84.3 Å². The Morgan fingerprint density at radius 2 is 1.65 bits per heavy atom. The lowest BCUT2D eigenvalue weighted by Gasteiger charge is -2.36. The normalized spacial score (nSPS) is 20.5. The second kappa shape index (κ2) is 7.76. The van der Waals surface area contributed by atoms with Crippen molar-refractivity contribution in [3.05, 3.63) is 35.9 Å². The molecule has 0 aromatic heterocycles. The molecule has 1 unspecified atom stereocenters. The number of hydrogen-bond donors (Lipinski definition) is 0. The maximum absolute atomic E-state index is 12.8. The van der Waals surface area contributed by atoms with Crippen molar-refractivity contribution >= 4 is 17.8 Å². The van der Waals surface area contributed by atoms with E-state index < -0.39 is 0 Å². The number of piperazine rings is 1. The van der Waals surface area contributed by atoms with Crippen molar-refractivity contribution < 1.29 is 14.4 Å². The predicted molar refractivity (Wildman–Crippen MR) is 97.2 cm³/mol. The highest BCUT2D eigenvalue weighted by Crippen LogP contribution is 2.23. The van der Waals surface area contributed by atoms with Crippen LogP contribution in [0.1, 0.15) is 12.0 Å². The van der Waals surface area contributed by atoms with Gasteiger partial charge in [-0.15, -0.1) is 0 Å². The molecule has 1 aromatic carbocycles. The van der Waals surface area contributed by atoms with E-state index in [4.69, 9.17) is 0 Å². The first-order chi connectivity index (χ1) is 12.5. The number of carbonyl (C=O) groups is 3. The molecular weight excluding hydrogens is 332 g/mol. The maximum Gasteiger partial charge on any atom is 0.319 e. The Morgan fingerprint density at radius 3 is 2.27 bits per heavy atom. The number of rotatable bonds is 3. The first-order valence-corrected chi connectivity index (χ1v) is 9.02. The van der Waals surface area contributed by atoms with E-state index >= 15 is 0 Å². The van der Waals surface area contributed by atoms with Gasteiger partial charge in [-0.3, -0.25) is 9.59 Å². The molecule has 140 valence electrons. The van der Waals surface area contributed by atoms with E-state index in [-0.39, 0.29) is 30.2 Å². The Bertz CT molecular complexity index is 669. The van der Waals surface area contributed by atoms with E-state index in [1.807, 2.05) is 30.3 Å². The molecule has 26 heavy (non-hydrogen) atoms. The van der Waals surface area contributed by atoms with Gasteiger partial charge in [-0.05, 0) is 5.56 Å². The van der Waals surface area contributed by atoms with Gasteiger partial charge in [-0.2, -0.15) is 0 Å². The van der Waals surface area contributed by atoms with Gasteiger partial charge in [0.05, 0.1) is 5.92 Å². The van der Waals surface area contributed by atoms with Gasteiger partial charge in [0.2, 0.25) is 11.8 Å². The number of carbonyl (C=O) groups excluding carboxylic acids is 3. The first kappa shape index (κ1) is 18.2. The standard InChI is InChI=1S/C19H26N4O3/c1-20(2)19(26)22-10-8-21(9-11-22)18(25)16-12-17(24)23(14-16)13-15-6-4-3-5-7-15/h3-7,16H,8-14H2,1-2H3. The van der Waals surface area contributed by atoms with Gasteiger partial charge in [0, 0.05) is 59.8 Å². The summed E-state index contributed by atoms with van der Waals surface area (Å²) >= 11 is 0. The monoisotopic (exact) mass is 358 g/mol. The van der Waals surface area contributed by atoms with Crippen LogP contribution in [0, 0.1) is 5.92 Å². The first-order valence-electron chi connectivity index (χ1n) is 9.02. The molecule has 7 nitrogen and oxygen atoms in total. The van der Waals surface area contributed by atoms with Crippen LogP contribution in [0.5, 0.6) is 0 Å². The molecule has 2 aliphatic rings. The Kier molecular flexibility index (Phi) is 5.44. The zero-order valence-electron chi connectivity index (χ0n) is 15.4. The summed E-state index contributed by atoms with van der Waals surface area (Å²) in [5.41, 5.74) is 1.07. The largest absolute Gasteiger partial charge is 0.339 e. The summed E-state index contributed by atoms with van der Waals surface area (Å²) in [6.07, 6.45) is 0.280. The molecule has 2 heterocycles. The van der Waals surface area contributed by atoms with Crippen LogP contribution < -0.4 is 0 Å². The summed E-state index contributed by atoms with van der Waals surface area (Å²) in [7, 11) is 3.46. The average Bonchev–Trinajstić information content (AvgIpc) is 3.02. The highest BCUT2D eigenvalue weighted by atomic mass is 16.2. The van der Waals surface area contributed by atoms with Crippen molar-refractivity contribution in [2.45, 2.75) is 13.0 Å². The third-order valence-corrected chi connectivity index (χ3v) is 5.02. The average molecular weight is 358 g/mol. The van der Waals surface area contributed by atoms with Gasteiger partial charge in [0.1, 0.15) is 0 Å². The lowest BCUT2D eigenvalue weighted by molar-refractivity contribution is -0.137. The van der Waals surface area contributed by atoms with Crippen LogP contribution in [0.3, 0.4) is 0 Å². The predicted octanol–water partition coefficient (Wildman–Crippen LogP) is 0.861. The molecule has 4 amide bonds. The molecule has 0 aliphatic carbocycles. The van der Waals surface area contributed by atoms with Crippen LogP contribution >= 0.6 is 0 Å². The second-order valence-electron chi connectivity index (χ2n) is 7.15. The van der Waals surface area contributed by atoms with Crippen LogP contribution in [-0.2, 0) is 16.1 Å². The zero-order chi connectivity index (χ0) is 18.7. The Balaban J connectivity index is 1.53. The number of likely N-dealkylation sites (tertiary alicyclic amines) is 1. The van der Waals surface area contributed by atoms with E-state index in [1.54, 1.807) is 33.7 Å². The summed E-state index contributed by atoms with van der Waals surface area (Å²) in [6, 6.07) is 9.80. The third kappa shape index (κ3) is 3.98. The molecular formula is C19H26N4O3. The minimum absolute atomic E-state index is 0.0258. The van der Waals surface area contributed by atoms with Crippen molar-refractivity contribution in [3.8, 4) is 0 Å². The number of benzene rings is 1. The van der Waals surface area contributed by atoms with Gasteiger partial charge in [-0.25, -0.2) is 4.79 Å². The minimum atomic E-state index is -0.276. The number of hydrogen-bond acceptors (Lipinski definition) is 3. The number of amides is 4. The molecule has 0 radical (unpaired) electrons. The molecule has 0 N–H and O–H groups in total. The van der Waals surface area contributed by atoms with Crippen LogP contribution in [0.25, 0.3) is 0 Å². The molecule has 2 fully saturated rings. The summed E-state index contributed by atoms with van der Waals surface area (Å²) < 4.78 is 0. The topological polar surface area (TPSA) is 64.2 Å². The lowest BCUT2D eigenvalue weighted by Crippen LogP contribution is -2.54. The fraction of sp³-hybridized carbons (Fsp3) is 0.526. The molecule has 1 atom stereocenters. The summed E-state index contributed by atoms with van der Waals surface area (Å²) in [5, 5.41) is 0. The van der Waals surface area contributed by atoms with Crippen LogP contribution in [0.15, 0.2) is 30.3 Å². The van der Waals surface area contributed by atoms with Gasteiger partial charge in [0.25, 0.3) is 0 Å². The Labute approximate surface area is 154 Å². The number of nitrogens with zero attached hydrogens (tertiary/aromatic N) is 4. The molecule has 3 rings (SSSR count). The van der Waals surface area contributed by atoms with Crippen molar-refractivity contribution in [3.63, 3.8) is 0 Å². The minimum Gasteiger partial charge on any atom is -0.339 e. The quantitative estimate of drug-likeness (QED) is 0.805. The Hall–Kier alpha value is -2.57. The van der Waals surface area contributed by atoms with Crippen molar-refractivity contribution in [1.82, 2.24) is 19.6 Å². The van der Waals surface area contributed by atoms with Crippen molar-refractivity contribution in [2.75, 3.05) is 46.8 Å². The molecule has 0 spiro atoms. The van der Waals surface area contributed by atoms with E-state index in [1.165, 1.54) is 0 Å². The smallest absolute Gasteiger partial charge is 0.319 e. The van der Waals surface area contributed by atoms with Gasteiger partial charge >= 0.3 is 6.03 Å². The van der Waals surface area contributed by atoms with E-state index in [2.05, 4.69) is 0 Å². The van der Waals surface area contributed by atoms with E-state index in [0.717, 1.165) is 5.56 Å².